The zero-order valence-electron chi connectivity index (χ0n) is 19.6. The van der Waals surface area contributed by atoms with Gasteiger partial charge in [-0.15, -0.1) is 5.10 Å². The van der Waals surface area contributed by atoms with E-state index in [1.165, 1.54) is 18.5 Å². The van der Waals surface area contributed by atoms with E-state index in [0.717, 1.165) is 46.3 Å². The molecule has 0 bridgehead atoms. The number of aromatic nitrogens is 4. The first-order valence-corrected chi connectivity index (χ1v) is 12.4. The van der Waals surface area contributed by atoms with Gasteiger partial charge < -0.3 is 10.6 Å². The highest BCUT2D eigenvalue weighted by atomic mass is 16.2. The number of nitrogens with zero attached hydrogens (tertiary/aromatic N) is 4. The average molecular weight is 463 g/mol. The van der Waals surface area contributed by atoms with Crippen LogP contribution in [0.2, 0.25) is 0 Å². The van der Waals surface area contributed by atoms with Gasteiger partial charge in [0.25, 0.3) is 5.91 Å². The van der Waals surface area contributed by atoms with Gasteiger partial charge in [-0.05, 0) is 68.0 Å². The number of nitrogens with one attached hydrogen (secondary N) is 2. The summed E-state index contributed by atoms with van der Waals surface area (Å²) in [7, 11) is 0. The summed E-state index contributed by atoms with van der Waals surface area (Å²) in [5, 5.41) is 11.3. The predicted octanol–water partition coefficient (Wildman–Crippen LogP) is 5.38. The summed E-state index contributed by atoms with van der Waals surface area (Å²) in [6.45, 7) is 2.75. The van der Waals surface area contributed by atoms with Crippen LogP contribution >= 0.6 is 0 Å². The van der Waals surface area contributed by atoms with Crippen molar-refractivity contribution in [3.63, 3.8) is 0 Å². The largest absolute Gasteiger partial charge is 0.342 e. The predicted molar refractivity (Wildman–Crippen MR) is 134 cm³/mol. The van der Waals surface area contributed by atoms with Crippen LogP contribution in [0.4, 0.5) is 11.6 Å². The lowest BCUT2D eigenvalue weighted by Gasteiger charge is -2.11. The molecular formula is C28H26N6O. The van der Waals surface area contributed by atoms with Gasteiger partial charge in [0, 0.05) is 46.7 Å². The smallest absolute Gasteiger partial charge is 0.252 e. The van der Waals surface area contributed by atoms with Crippen LogP contribution in [-0.2, 0) is 12.1 Å². The third kappa shape index (κ3) is 3.50. The van der Waals surface area contributed by atoms with Crippen molar-refractivity contribution in [3.05, 3.63) is 77.6 Å². The molecule has 0 saturated heterocycles. The van der Waals surface area contributed by atoms with Gasteiger partial charge in [0.1, 0.15) is 0 Å². The second-order valence-corrected chi connectivity index (χ2v) is 9.82. The second kappa shape index (κ2) is 7.50. The molecule has 3 aliphatic rings. The lowest BCUT2D eigenvalue weighted by molar-refractivity contribution is 0.0952. The normalized spacial score (nSPS) is 17.3. The molecule has 174 valence electrons. The summed E-state index contributed by atoms with van der Waals surface area (Å²) >= 11 is 0. The van der Waals surface area contributed by atoms with Gasteiger partial charge in [0.05, 0.1) is 5.54 Å². The van der Waals surface area contributed by atoms with E-state index in [4.69, 9.17) is 10.1 Å². The number of carbonyl (C=O) groups excluding carboxylic acids is 1. The van der Waals surface area contributed by atoms with Crippen molar-refractivity contribution >= 4 is 17.5 Å². The molecule has 2 aliphatic carbocycles. The van der Waals surface area contributed by atoms with Gasteiger partial charge in [-0.1, -0.05) is 30.3 Å². The van der Waals surface area contributed by atoms with Crippen LogP contribution in [0.1, 0.15) is 60.1 Å². The van der Waals surface area contributed by atoms with Crippen molar-refractivity contribution in [1.29, 1.82) is 0 Å². The van der Waals surface area contributed by atoms with Crippen LogP contribution < -0.4 is 10.6 Å². The number of pyridine rings is 1. The monoisotopic (exact) mass is 462 g/mol. The van der Waals surface area contributed by atoms with Gasteiger partial charge in [-0.3, -0.25) is 9.78 Å². The molecule has 3 heterocycles. The Kier molecular flexibility index (Phi) is 4.37. The molecule has 1 aliphatic heterocycles. The highest BCUT2D eigenvalue weighted by molar-refractivity contribution is 6.01. The topological polar surface area (TPSA) is 84.7 Å². The number of aryl methyl sites for hydroxylation is 1. The molecule has 1 amide bonds. The minimum Gasteiger partial charge on any atom is -0.342 e. The van der Waals surface area contributed by atoms with E-state index >= 15 is 0 Å². The molecule has 7 heteroatoms. The molecular weight excluding hydrogens is 436 g/mol. The van der Waals surface area contributed by atoms with Crippen molar-refractivity contribution in [1.82, 2.24) is 25.1 Å². The first kappa shape index (κ1) is 20.4. The van der Waals surface area contributed by atoms with Crippen LogP contribution in [0.25, 0.3) is 22.5 Å². The molecule has 7 rings (SSSR count). The quantitative estimate of drug-likeness (QED) is 0.402. The number of fused-ring (bicyclic) bond motifs is 2. The van der Waals surface area contributed by atoms with Gasteiger partial charge in [-0.25, -0.2) is 4.68 Å². The molecule has 1 spiro atoms. The van der Waals surface area contributed by atoms with E-state index in [1.807, 2.05) is 23.0 Å². The molecule has 0 atom stereocenters. The van der Waals surface area contributed by atoms with Crippen molar-refractivity contribution in [2.45, 2.75) is 50.6 Å². The third-order valence-electron chi connectivity index (χ3n) is 7.37. The maximum Gasteiger partial charge on any atom is 0.252 e. The Balaban J connectivity index is 1.13. The van der Waals surface area contributed by atoms with Crippen molar-refractivity contribution in [3.8, 4) is 22.5 Å². The van der Waals surface area contributed by atoms with Crippen molar-refractivity contribution in [2.24, 2.45) is 0 Å². The van der Waals surface area contributed by atoms with Gasteiger partial charge in [0.2, 0.25) is 5.95 Å². The lowest BCUT2D eigenvalue weighted by Crippen LogP contribution is -2.25. The summed E-state index contributed by atoms with van der Waals surface area (Å²) < 4.78 is 1.87. The van der Waals surface area contributed by atoms with Gasteiger partial charge in [-0.2, -0.15) is 4.98 Å². The number of rotatable bonds is 6. The number of hydrogen-bond donors (Lipinski definition) is 2. The molecule has 35 heavy (non-hydrogen) atoms. The van der Waals surface area contributed by atoms with E-state index < -0.39 is 0 Å². The number of anilines is 2. The standard InChI is InChI=1S/C28H26N6O/c1-2-34-27(30-21-10-11-22-23(15-21)28(13-14-28)32-26(22)35)31-25(33-34)19-7-3-17(4-8-19)20-9-12-24(29-16-20)18-5-6-18/h3-4,7-12,15-16,18H,2,5-6,13-14H2,1H3,(H,32,35)(H,30,31,33). The molecule has 2 aromatic heterocycles. The molecule has 0 unspecified atom stereocenters. The fourth-order valence-corrected chi connectivity index (χ4v) is 5.00. The van der Waals surface area contributed by atoms with Gasteiger partial charge in [0.15, 0.2) is 5.82 Å². The SMILES string of the molecule is CCn1nc(-c2ccc(-c3ccc(C4CC4)nc3)cc2)nc1Nc1ccc2c(c1)C1(CC1)NC2=O. The molecule has 2 N–H and O–H groups in total. The number of amides is 1. The molecule has 4 aromatic rings. The van der Waals surface area contributed by atoms with Gasteiger partial charge >= 0.3 is 0 Å². The van der Waals surface area contributed by atoms with E-state index in [0.29, 0.717) is 24.2 Å². The summed E-state index contributed by atoms with van der Waals surface area (Å²) in [6.07, 6.45) is 6.50. The summed E-state index contributed by atoms with van der Waals surface area (Å²) in [6, 6.07) is 18.5. The molecule has 0 radical (unpaired) electrons. The first-order chi connectivity index (χ1) is 17.1. The Hall–Kier alpha value is -4.00. The number of benzene rings is 2. The average Bonchev–Trinajstić information content (AvgIpc) is 3.81. The Morgan fingerprint density at radius 1 is 1.03 bits per heavy atom. The van der Waals surface area contributed by atoms with Crippen molar-refractivity contribution in [2.75, 3.05) is 5.32 Å². The Morgan fingerprint density at radius 3 is 2.49 bits per heavy atom. The van der Waals surface area contributed by atoms with Crippen LogP contribution in [0.5, 0.6) is 0 Å². The van der Waals surface area contributed by atoms with Crippen LogP contribution in [0.15, 0.2) is 60.8 Å². The molecule has 2 aromatic carbocycles. The van der Waals surface area contributed by atoms with E-state index in [9.17, 15) is 4.79 Å². The Labute approximate surface area is 203 Å². The highest BCUT2D eigenvalue weighted by Gasteiger charge is 2.52. The van der Waals surface area contributed by atoms with Crippen LogP contribution in [0.3, 0.4) is 0 Å². The minimum atomic E-state index is -0.150. The highest BCUT2D eigenvalue weighted by Crippen LogP contribution is 2.51. The fourth-order valence-electron chi connectivity index (χ4n) is 5.00. The summed E-state index contributed by atoms with van der Waals surface area (Å²) in [5.74, 6) is 2.06. The first-order valence-electron chi connectivity index (χ1n) is 12.4. The molecule has 7 nitrogen and oxygen atoms in total. The second-order valence-electron chi connectivity index (χ2n) is 9.82. The van der Waals surface area contributed by atoms with E-state index in [-0.39, 0.29) is 11.4 Å². The molecule has 2 fully saturated rings. The Bertz CT molecular complexity index is 1450. The maximum atomic E-state index is 12.2. The minimum absolute atomic E-state index is 0.0288. The van der Waals surface area contributed by atoms with Crippen LogP contribution in [-0.4, -0.2) is 25.7 Å². The molecule has 2 saturated carbocycles. The van der Waals surface area contributed by atoms with E-state index in [1.54, 1.807) is 0 Å². The third-order valence-corrected chi connectivity index (χ3v) is 7.37. The number of carbonyl (C=O) groups is 1. The Morgan fingerprint density at radius 2 is 1.80 bits per heavy atom. The maximum absolute atomic E-state index is 12.2. The fraction of sp³-hybridized carbons (Fsp3) is 0.286. The van der Waals surface area contributed by atoms with Crippen molar-refractivity contribution < 1.29 is 4.79 Å². The van der Waals surface area contributed by atoms with Crippen LogP contribution in [0, 0.1) is 0 Å². The summed E-state index contributed by atoms with van der Waals surface area (Å²) in [5.41, 5.74) is 7.06. The zero-order valence-corrected chi connectivity index (χ0v) is 19.6. The zero-order chi connectivity index (χ0) is 23.6. The van der Waals surface area contributed by atoms with E-state index in [2.05, 4.69) is 65.0 Å². The summed E-state index contributed by atoms with van der Waals surface area (Å²) in [4.78, 5) is 21.7. The number of hydrogen-bond acceptors (Lipinski definition) is 5. The lowest BCUT2D eigenvalue weighted by atomic mass is 10.0.